The predicted octanol–water partition coefficient (Wildman–Crippen LogP) is 5.02. The van der Waals surface area contributed by atoms with Crippen LogP contribution in [0.5, 0.6) is 0 Å². The maximum Gasteiger partial charge on any atom is 0.307 e. The summed E-state index contributed by atoms with van der Waals surface area (Å²) >= 11 is 0. The smallest absolute Gasteiger partial charge is 0.307 e. The summed E-state index contributed by atoms with van der Waals surface area (Å²) in [7, 11) is 0. The van der Waals surface area contributed by atoms with Crippen LogP contribution in [0.4, 0.5) is 0 Å². The van der Waals surface area contributed by atoms with Crippen molar-refractivity contribution in [1.82, 2.24) is 4.98 Å². The van der Waals surface area contributed by atoms with Crippen LogP contribution in [0.2, 0.25) is 0 Å². The second-order valence-electron chi connectivity index (χ2n) is 7.30. The van der Waals surface area contributed by atoms with Crippen molar-refractivity contribution < 1.29 is 14.6 Å². The van der Waals surface area contributed by atoms with Crippen molar-refractivity contribution in [2.75, 3.05) is 0 Å². The normalized spacial score (nSPS) is 13.2. The topological polar surface area (TPSA) is 59.4 Å². The van der Waals surface area contributed by atoms with Crippen LogP contribution in [0.15, 0.2) is 54.7 Å². The van der Waals surface area contributed by atoms with E-state index in [0.29, 0.717) is 13.2 Å². The van der Waals surface area contributed by atoms with E-state index in [2.05, 4.69) is 30.3 Å². The molecule has 0 aliphatic carbocycles. The third kappa shape index (κ3) is 2.57. The number of aromatic nitrogens is 1. The number of benzene rings is 3. The average Bonchev–Trinajstić information content (AvgIpc) is 2.70. The SMILES string of the molecule is Cc1cc2ccccc2c(-c2ccc3c4c(ccnc24)COC3)c1CC(=O)O. The van der Waals surface area contributed by atoms with Crippen LogP contribution in [-0.2, 0) is 29.2 Å². The molecule has 28 heavy (non-hydrogen) atoms. The summed E-state index contributed by atoms with van der Waals surface area (Å²) in [6, 6.07) is 16.4. The van der Waals surface area contributed by atoms with Gasteiger partial charge in [0.1, 0.15) is 0 Å². The summed E-state index contributed by atoms with van der Waals surface area (Å²) in [4.78, 5) is 16.4. The third-order valence-electron chi connectivity index (χ3n) is 5.56. The molecule has 0 radical (unpaired) electrons. The highest BCUT2D eigenvalue weighted by molar-refractivity contribution is 6.07. The van der Waals surface area contributed by atoms with Gasteiger partial charge in [-0.1, -0.05) is 42.5 Å². The zero-order valence-corrected chi connectivity index (χ0v) is 15.5. The quantitative estimate of drug-likeness (QED) is 0.551. The van der Waals surface area contributed by atoms with Crippen molar-refractivity contribution in [3.05, 3.63) is 77.0 Å². The number of nitrogens with zero attached hydrogens (tertiary/aromatic N) is 1. The summed E-state index contributed by atoms with van der Waals surface area (Å²) in [5.74, 6) is -0.830. The van der Waals surface area contributed by atoms with E-state index in [1.807, 2.05) is 31.3 Å². The van der Waals surface area contributed by atoms with Crippen molar-refractivity contribution in [3.8, 4) is 11.1 Å². The Labute approximate surface area is 162 Å². The van der Waals surface area contributed by atoms with E-state index in [-0.39, 0.29) is 6.42 Å². The summed E-state index contributed by atoms with van der Waals surface area (Å²) < 4.78 is 5.69. The molecule has 0 fully saturated rings. The lowest BCUT2D eigenvalue weighted by molar-refractivity contribution is -0.136. The second-order valence-corrected chi connectivity index (χ2v) is 7.30. The van der Waals surface area contributed by atoms with Gasteiger partial charge in [-0.2, -0.15) is 0 Å². The first-order valence-electron chi connectivity index (χ1n) is 9.34. The molecule has 0 unspecified atom stereocenters. The molecule has 1 N–H and O–H groups in total. The first-order chi connectivity index (χ1) is 13.6. The Morgan fingerprint density at radius 2 is 1.89 bits per heavy atom. The van der Waals surface area contributed by atoms with Gasteiger partial charge in [-0.15, -0.1) is 0 Å². The van der Waals surface area contributed by atoms with Crippen molar-refractivity contribution in [2.24, 2.45) is 0 Å². The van der Waals surface area contributed by atoms with Gasteiger partial charge in [0.05, 0.1) is 25.2 Å². The standard InChI is InChI=1S/C24H19NO3/c1-14-10-15-4-2-3-5-18(15)23(20(14)11-21(26)27)19-7-6-16-12-28-13-17-8-9-25-24(19)22(16)17/h2-10H,11-13H2,1H3,(H,26,27). The Bertz CT molecular complexity index is 1250. The highest BCUT2D eigenvalue weighted by atomic mass is 16.5. The molecule has 0 amide bonds. The number of hydrogen-bond acceptors (Lipinski definition) is 3. The number of carboxylic acid groups (broad SMARTS) is 1. The Morgan fingerprint density at radius 1 is 1.11 bits per heavy atom. The molecule has 1 aromatic heterocycles. The van der Waals surface area contributed by atoms with E-state index in [4.69, 9.17) is 9.72 Å². The maximum absolute atomic E-state index is 11.6. The molecule has 5 rings (SSSR count). The molecule has 4 aromatic rings. The van der Waals surface area contributed by atoms with Gasteiger partial charge in [-0.3, -0.25) is 9.78 Å². The number of fused-ring (bicyclic) bond motifs is 1. The number of ether oxygens (including phenoxy) is 1. The largest absolute Gasteiger partial charge is 0.481 e. The average molecular weight is 369 g/mol. The number of pyridine rings is 1. The Balaban J connectivity index is 1.92. The maximum atomic E-state index is 11.6. The molecule has 0 saturated heterocycles. The van der Waals surface area contributed by atoms with Gasteiger partial charge >= 0.3 is 5.97 Å². The number of carboxylic acids is 1. The zero-order chi connectivity index (χ0) is 19.3. The molecule has 0 spiro atoms. The van der Waals surface area contributed by atoms with Crippen LogP contribution in [0.3, 0.4) is 0 Å². The highest BCUT2D eigenvalue weighted by Crippen LogP contribution is 2.40. The fourth-order valence-electron chi connectivity index (χ4n) is 4.34. The van der Waals surface area contributed by atoms with Crippen molar-refractivity contribution in [2.45, 2.75) is 26.6 Å². The lowest BCUT2D eigenvalue weighted by Crippen LogP contribution is -2.07. The summed E-state index contributed by atoms with van der Waals surface area (Å²) in [6.07, 6.45) is 1.80. The minimum atomic E-state index is -0.830. The van der Waals surface area contributed by atoms with Crippen molar-refractivity contribution in [3.63, 3.8) is 0 Å². The molecular formula is C24H19NO3. The minimum Gasteiger partial charge on any atom is -0.481 e. The number of carbonyl (C=O) groups is 1. The first kappa shape index (κ1) is 16.9. The van der Waals surface area contributed by atoms with E-state index < -0.39 is 5.97 Å². The van der Waals surface area contributed by atoms with Gasteiger partial charge in [0.25, 0.3) is 0 Å². The van der Waals surface area contributed by atoms with Crippen LogP contribution in [0.1, 0.15) is 22.3 Å². The van der Waals surface area contributed by atoms with Crippen molar-refractivity contribution in [1.29, 1.82) is 0 Å². The predicted molar refractivity (Wildman–Crippen MR) is 109 cm³/mol. The fraction of sp³-hybridized carbons (Fsp3) is 0.167. The van der Waals surface area contributed by atoms with Gasteiger partial charge in [0, 0.05) is 17.1 Å². The number of aryl methyl sites for hydroxylation is 1. The van der Waals surface area contributed by atoms with E-state index >= 15 is 0 Å². The van der Waals surface area contributed by atoms with Gasteiger partial charge in [0.2, 0.25) is 0 Å². The molecule has 4 nitrogen and oxygen atoms in total. The van der Waals surface area contributed by atoms with E-state index in [9.17, 15) is 9.90 Å². The van der Waals surface area contributed by atoms with Crippen molar-refractivity contribution >= 4 is 27.6 Å². The fourth-order valence-corrected chi connectivity index (χ4v) is 4.34. The molecule has 0 bridgehead atoms. The lowest BCUT2D eigenvalue weighted by Gasteiger charge is -2.21. The van der Waals surface area contributed by atoms with Gasteiger partial charge < -0.3 is 9.84 Å². The summed E-state index contributed by atoms with van der Waals surface area (Å²) in [6.45, 7) is 3.14. The molecular weight excluding hydrogens is 350 g/mol. The third-order valence-corrected chi connectivity index (χ3v) is 5.56. The van der Waals surface area contributed by atoms with Crippen LogP contribution >= 0.6 is 0 Å². The second kappa shape index (κ2) is 6.43. The number of aliphatic carboxylic acids is 1. The highest BCUT2D eigenvalue weighted by Gasteiger charge is 2.21. The van der Waals surface area contributed by atoms with E-state index in [1.54, 1.807) is 0 Å². The Morgan fingerprint density at radius 3 is 2.71 bits per heavy atom. The van der Waals surface area contributed by atoms with Crippen LogP contribution in [-0.4, -0.2) is 16.1 Å². The Kier molecular flexibility index (Phi) is 3.88. The van der Waals surface area contributed by atoms with Gasteiger partial charge in [-0.05, 0) is 51.6 Å². The van der Waals surface area contributed by atoms with Crippen LogP contribution in [0.25, 0.3) is 32.8 Å². The minimum absolute atomic E-state index is 0.0158. The molecule has 1 aliphatic rings. The summed E-state index contributed by atoms with van der Waals surface area (Å²) in [5, 5.41) is 12.8. The molecule has 138 valence electrons. The monoisotopic (exact) mass is 369 g/mol. The molecule has 0 atom stereocenters. The van der Waals surface area contributed by atoms with E-state index in [1.165, 1.54) is 0 Å². The van der Waals surface area contributed by atoms with E-state index in [0.717, 1.165) is 55.1 Å². The lowest BCUT2D eigenvalue weighted by atomic mass is 9.86. The zero-order valence-electron chi connectivity index (χ0n) is 15.5. The van der Waals surface area contributed by atoms with Gasteiger partial charge in [-0.25, -0.2) is 0 Å². The molecule has 2 heterocycles. The molecule has 0 saturated carbocycles. The molecule has 4 heteroatoms. The first-order valence-corrected chi connectivity index (χ1v) is 9.34. The molecule has 1 aliphatic heterocycles. The number of hydrogen-bond donors (Lipinski definition) is 1. The number of rotatable bonds is 3. The molecule has 3 aromatic carbocycles. The van der Waals surface area contributed by atoms with Crippen LogP contribution < -0.4 is 0 Å². The van der Waals surface area contributed by atoms with Gasteiger partial charge in [0.15, 0.2) is 0 Å². The van der Waals surface area contributed by atoms with Crippen LogP contribution in [0, 0.1) is 6.92 Å². The summed E-state index contributed by atoms with van der Waals surface area (Å²) in [5.41, 5.74) is 6.97. The Hall–Kier alpha value is -3.24.